The first kappa shape index (κ1) is 35.3. The van der Waals surface area contributed by atoms with E-state index in [4.69, 9.17) is 45.9 Å². The van der Waals surface area contributed by atoms with Crippen LogP contribution in [0.25, 0.3) is 44.8 Å². The van der Waals surface area contributed by atoms with Gasteiger partial charge in [0.2, 0.25) is 23.8 Å². The number of rotatable bonds is 6. The van der Waals surface area contributed by atoms with Gasteiger partial charge >= 0.3 is 0 Å². The minimum atomic E-state index is 0.192. The van der Waals surface area contributed by atoms with Crippen molar-refractivity contribution in [1.29, 1.82) is 0 Å². The highest BCUT2D eigenvalue weighted by molar-refractivity contribution is 9.10. The van der Waals surface area contributed by atoms with Gasteiger partial charge in [0.05, 0.1) is 26.4 Å². The van der Waals surface area contributed by atoms with Crippen molar-refractivity contribution < 1.29 is 9.47 Å². The van der Waals surface area contributed by atoms with Crippen LogP contribution in [-0.4, -0.2) is 112 Å². The van der Waals surface area contributed by atoms with Gasteiger partial charge in [-0.2, -0.15) is 9.97 Å². The summed E-state index contributed by atoms with van der Waals surface area (Å²) in [6.45, 7) is 16.1. The highest BCUT2D eigenvalue weighted by Gasteiger charge is 2.24. The molecule has 2 aliphatic rings. The standard InChI is InChI=1S/C17H22N8O.C16H19BrN8O/c1-10(2)25-11(3)21-14-13(12-8-19-16(18)20-9-12)22-17(23-15(14)25)24-4-6-26-7-5-24;1-9(2)25-13-12(21-14(25)17)11(10-7-19-15(18)20-8-10)22-16(23-13)24-3-5-26-6-4-24/h8-10H,4-7H2,1-3H3,(H2,18,19,20);7-9H,3-6H2,1-2H3,(H2,18,19,20). The highest BCUT2D eigenvalue weighted by atomic mass is 79.9. The zero-order valence-corrected chi connectivity index (χ0v) is 31.3. The smallest absolute Gasteiger partial charge is 0.228 e. The number of aryl methyl sites for hydroxylation is 1. The molecule has 18 nitrogen and oxygen atoms in total. The Morgan fingerprint density at radius 1 is 0.596 bits per heavy atom. The van der Waals surface area contributed by atoms with Gasteiger partial charge in [0.15, 0.2) is 16.0 Å². The van der Waals surface area contributed by atoms with Gasteiger partial charge in [-0.25, -0.2) is 39.9 Å². The summed E-state index contributed by atoms with van der Waals surface area (Å²) in [6, 6.07) is 0.431. The molecular formula is C33H41BrN16O2. The summed E-state index contributed by atoms with van der Waals surface area (Å²) in [5, 5.41) is 0. The van der Waals surface area contributed by atoms with Crippen LogP contribution in [0.5, 0.6) is 0 Å². The van der Waals surface area contributed by atoms with Gasteiger partial charge in [0.25, 0.3) is 0 Å². The molecule has 0 amide bonds. The first-order valence-electron chi connectivity index (χ1n) is 17.1. The molecule has 2 aliphatic heterocycles. The monoisotopic (exact) mass is 772 g/mol. The average Bonchev–Trinajstić information content (AvgIpc) is 3.68. The van der Waals surface area contributed by atoms with Crippen LogP contribution in [0.2, 0.25) is 0 Å². The first-order valence-corrected chi connectivity index (χ1v) is 17.9. The number of ether oxygens (including phenoxy) is 2. The molecule has 0 atom stereocenters. The van der Waals surface area contributed by atoms with Crippen molar-refractivity contribution in [2.45, 2.75) is 46.7 Å². The van der Waals surface area contributed by atoms with Crippen LogP contribution >= 0.6 is 15.9 Å². The van der Waals surface area contributed by atoms with Crippen molar-refractivity contribution in [3.63, 3.8) is 0 Å². The molecule has 0 radical (unpaired) electrons. The lowest BCUT2D eigenvalue weighted by atomic mass is 10.2. The SMILES string of the molecule is CC(C)n1c(Br)nc2c(-c3cnc(N)nc3)nc(N3CCOCC3)nc21.Cc1nc2c(-c3cnc(N)nc3)nc(N3CCOCC3)nc2n1C(C)C. The van der Waals surface area contributed by atoms with E-state index in [0.29, 0.717) is 54.3 Å². The lowest BCUT2D eigenvalue weighted by Gasteiger charge is -2.27. The Morgan fingerprint density at radius 3 is 1.42 bits per heavy atom. The van der Waals surface area contributed by atoms with Crippen LogP contribution in [0, 0.1) is 6.92 Å². The van der Waals surface area contributed by atoms with E-state index in [1.54, 1.807) is 24.8 Å². The van der Waals surface area contributed by atoms with Crippen molar-refractivity contribution in [3.05, 3.63) is 35.3 Å². The maximum Gasteiger partial charge on any atom is 0.228 e. The first-order chi connectivity index (χ1) is 25.1. The number of imidazole rings is 2. The number of anilines is 4. The van der Waals surface area contributed by atoms with Crippen LogP contribution < -0.4 is 21.3 Å². The van der Waals surface area contributed by atoms with Crippen molar-refractivity contribution in [2.75, 3.05) is 73.9 Å². The zero-order valence-electron chi connectivity index (χ0n) is 29.7. The Morgan fingerprint density at radius 2 is 1.00 bits per heavy atom. The van der Waals surface area contributed by atoms with Crippen LogP contribution in [0.4, 0.5) is 23.8 Å². The molecule has 4 N–H and O–H groups in total. The van der Waals surface area contributed by atoms with Gasteiger partial charge in [-0.05, 0) is 50.5 Å². The second-order valence-electron chi connectivity index (χ2n) is 12.9. The van der Waals surface area contributed by atoms with Crippen LogP contribution in [-0.2, 0) is 9.47 Å². The quantitative estimate of drug-likeness (QED) is 0.231. The average molecular weight is 774 g/mol. The van der Waals surface area contributed by atoms with E-state index >= 15 is 0 Å². The Hall–Kier alpha value is -5.14. The number of hydrogen-bond acceptors (Lipinski definition) is 16. The fraction of sp³-hybridized carbons (Fsp3) is 0.455. The third kappa shape index (κ3) is 7.02. The Balaban J connectivity index is 0.000000162. The molecule has 0 aromatic carbocycles. The molecule has 52 heavy (non-hydrogen) atoms. The molecular weight excluding hydrogens is 732 g/mol. The molecule has 2 fully saturated rings. The van der Waals surface area contributed by atoms with E-state index in [2.05, 4.69) is 82.9 Å². The van der Waals surface area contributed by atoms with Crippen molar-refractivity contribution in [3.8, 4) is 22.5 Å². The van der Waals surface area contributed by atoms with Crippen molar-refractivity contribution in [2.24, 2.45) is 0 Å². The molecule has 8 rings (SSSR count). The van der Waals surface area contributed by atoms with E-state index < -0.39 is 0 Å². The number of nitrogens with two attached hydrogens (primary N) is 2. The van der Waals surface area contributed by atoms with Crippen molar-refractivity contribution >= 4 is 62.1 Å². The number of hydrogen-bond donors (Lipinski definition) is 2. The summed E-state index contributed by atoms with van der Waals surface area (Å²) in [5.41, 5.74) is 17.2. The molecule has 272 valence electrons. The Kier molecular flexibility index (Phi) is 10.1. The summed E-state index contributed by atoms with van der Waals surface area (Å²) in [5.74, 6) is 2.69. The second kappa shape index (κ2) is 14.8. The molecule has 0 bridgehead atoms. The van der Waals surface area contributed by atoms with Crippen molar-refractivity contribution in [1.82, 2.24) is 59.0 Å². The number of morpholine rings is 2. The van der Waals surface area contributed by atoms with Gasteiger partial charge < -0.3 is 39.9 Å². The van der Waals surface area contributed by atoms with E-state index in [1.165, 1.54) is 0 Å². The normalized spacial score (nSPS) is 15.2. The predicted molar refractivity (Wildman–Crippen MR) is 201 cm³/mol. The number of aromatic nitrogens is 12. The van der Waals surface area contributed by atoms with Crippen LogP contribution in [0.1, 0.15) is 45.6 Å². The number of nitrogens with zero attached hydrogens (tertiary/aromatic N) is 14. The molecule has 6 aromatic heterocycles. The van der Waals surface area contributed by atoms with E-state index in [-0.39, 0.29) is 24.0 Å². The summed E-state index contributed by atoms with van der Waals surface area (Å²) in [6.07, 6.45) is 6.68. The molecule has 8 heterocycles. The largest absolute Gasteiger partial charge is 0.378 e. The van der Waals surface area contributed by atoms with E-state index in [1.807, 2.05) is 11.5 Å². The molecule has 0 aliphatic carbocycles. The minimum Gasteiger partial charge on any atom is -0.378 e. The summed E-state index contributed by atoms with van der Waals surface area (Å²) in [7, 11) is 0. The lowest BCUT2D eigenvalue weighted by Crippen LogP contribution is -2.37. The minimum absolute atomic E-state index is 0.192. The Labute approximate surface area is 308 Å². The number of halogens is 1. The lowest BCUT2D eigenvalue weighted by molar-refractivity contribution is 0.122. The van der Waals surface area contributed by atoms with Gasteiger partial charge in [0.1, 0.15) is 28.2 Å². The fourth-order valence-corrected chi connectivity index (χ4v) is 6.97. The molecule has 0 spiro atoms. The number of nitrogen functional groups attached to an aromatic ring is 2. The van der Waals surface area contributed by atoms with Gasteiger partial charge in [-0.15, -0.1) is 0 Å². The maximum atomic E-state index is 5.64. The van der Waals surface area contributed by atoms with Gasteiger partial charge in [-0.3, -0.25) is 0 Å². The molecule has 19 heteroatoms. The van der Waals surface area contributed by atoms with Gasteiger partial charge in [0, 0.05) is 74.2 Å². The van der Waals surface area contributed by atoms with E-state index in [9.17, 15) is 0 Å². The Bertz CT molecular complexity index is 2020. The van der Waals surface area contributed by atoms with Gasteiger partial charge in [-0.1, -0.05) is 0 Å². The van der Waals surface area contributed by atoms with Crippen LogP contribution in [0.15, 0.2) is 29.5 Å². The third-order valence-electron chi connectivity index (χ3n) is 8.70. The maximum absolute atomic E-state index is 5.64. The summed E-state index contributed by atoms with van der Waals surface area (Å²) < 4.78 is 15.8. The molecule has 0 unspecified atom stereocenters. The second-order valence-corrected chi connectivity index (χ2v) is 13.6. The molecule has 6 aromatic rings. The topological polar surface area (TPSA) is 216 Å². The van der Waals surface area contributed by atoms with E-state index in [0.717, 1.165) is 65.6 Å². The number of fused-ring (bicyclic) bond motifs is 2. The fourth-order valence-electron chi connectivity index (χ4n) is 6.22. The molecule has 0 saturated carbocycles. The summed E-state index contributed by atoms with van der Waals surface area (Å²) >= 11 is 3.55. The highest BCUT2D eigenvalue weighted by Crippen LogP contribution is 2.33. The van der Waals surface area contributed by atoms with Crippen LogP contribution in [0.3, 0.4) is 0 Å². The summed E-state index contributed by atoms with van der Waals surface area (Å²) in [4.78, 5) is 49.3. The zero-order chi connectivity index (χ0) is 36.5. The predicted octanol–water partition coefficient (Wildman–Crippen LogP) is 3.64. The third-order valence-corrected chi connectivity index (χ3v) is 9.26. The molecule has 2 saturated heterocycles.